The molecule has 1 saturated heterocycles. The molecule has 88 valence electrons. The molecule has 0 radical (unpaired) electrons. The number of nitrogens with zero attached hydrogens (tertiary/aromatic N) is 1. The first-order valence-electron chi connectivity index (χ1n) is 5.53. The number of β-amino-alcohol motifs (C(OH)–C–C–N with tert-alkyl or cyclic N) is 2. The third-order valence-electron chi connectivity index (χ3n) is 3.23. The second-order valence-corrected chi connectivity index (χ2v) is 4.43. The molecule has 0 bridgehead atoms. The molecule has 1 aliphatic rings. The summed E-state index contributed by atoms with van der Waals surface area (Å²) in [6, 6.07) is 7.88. The number of benzene rings is 1. The number of likely N-dealkylation sites (tertiary alicyclic amines) is 1. The van der Waals surface area contributed by atoms with E-state index in [0.29, 0.717) is 13.1 Å². The fourth-order valence-corrected chi connectivity index (χ4v) is 2.14. The van der Waals surface area contributed by atoms with Gasteiger partial charge in [-0.05, 0) is 24.6 Å². The van der Waals surface area contributed by atoms with Crippen molar-refractivity contribution >= 4 is 5.69 Å². The van der Waals surface area contributed by atoms with Crippen LogP contribution in [0.3, 0.4) is 0 Å². The smallest absolute Gasteiger partial charge is 0.0938 e. The highest BCUT2D eigenvalue weighted by atomic mass is 16.3. The number of nitrogen functional groups attached to an aromatic ring is 1. The Kier molecular flexibility index (Phi) is 3.14. The lowest BCUT2D eigenvalue weighted by atomic mass is 10.1. The number of hydrogen-bond donors (Lipinski definition) is 3. The van der Waals surface area contributed by atoms with E-state index in [-0.39, 0.29) is 6.04 Å². The molecule has 0 aliphatic carbocycles. The molecule has 3 atom stereocenters. The van der Waals surface area contributed by atoms with Gasteiger partial charge >= 0.3 is 0 Å². The van der Waals surface area contributed by atoms with Crippen molar-refractivity contribution in [3.63, 3.8) is 0 Å². The van der Waals surface area contributed by atoms with Crippen LogP contribution in [0.15, 0.2) is 24.3 Å². The monoisotopic (exact) mass is 222 g/mol. The third kappa shape index (κ3) is 2.19. The molecule has 4 nitrogen and oxygen atoms in total. The first-order chi connectivity index (χ1) is 7.58. The summed E-state index contributed by atoms with van der Waals surface area (Å²) in [4.78, 5) is 2.06. The minimum atomic E-state index is -0.636. The van der Waals surface area contributed by atoms with Crippen molar-refractivity contribution in [2.75, 3.05) is 18.8 Å². The lowest BCUT2D eigenvalue weighted by Gasteiger charge is -2.24. The molecule has 1 fully saturated rings. The number of nitrogens with two attached hydrogens (primary N) is 1. The van der Waals surface area contributed by atoms with E-state index in [9.17, 15) is 10.2 Å². The molecule has 0 spiro atoms. The minimum Gasteiger partial charge on any atom is -0.399 e. The fourth-order valence-electron chi connectivity index (χ4n) is 2.14. The van der Waals surface area contributed by atoms with Crippen LogP contribution in [-0.2, 0) is 0 Å². The Bertz CT molecular complexity index is 360. The van der Waals surface area contributed by atoms with Crippen molar-refractivity contribution in [3.8, 4) is 0 Å². The van der Waals surface area contributed by atoms with E-state index in [2.05, 4.69) is 11.8 Å². The molecular formula is C12H18N2O2. The van der Waals surface area contributed by atoms with Gasteiger partial charge in [0.25, 0.3) is 0 Å². The third-order valence-corrected chi connectivity index (χ3v) is 3.23. The molecule has 16 heavy (non-hydrogen) atoms. The van der Waals surface area contributed by atoms with Crippen LogP contribution in [0.1, 0.15) is 18.5 Å². The fraction of sp³-hybridized carbons (Fsp3) is 0.500. The van der Waals surface area contributed by atoms with Gasteiger partial charge in [0, 0.05) is 24.8 Å². The van der Waals surface area contributed by atoms with Gasteiger partial charge in [0.2, 0.25) is 0 Å². The van der Waals surface area contributed by atoms with E-state index >= 15 is 0 Å². The van der Waals surface area contributed by atoms with Gasteiger partial charge in [-0.1, -0.05) is 12.1 Å². The lowest BCUT2D eigenvalue weighted by molar-refractivity contribution is 0.0572. The minimum absolute atomic E-state index is 0.162. The average Bonchev–Trinajstić information content (AvgIpc) is 2.58. The maximum atomic E-state index is 9.50. The SMILES string of the molecule is CC(c1cccc(N)c1)N1CC(O)C(O)C1. The van der Waals surface area contributed by atoms with Crippen LogP contribution in [0, 0.1) is 0 Å². The Balaban J connectivity index is 2.11. The van der Waals surface area contributed by atoms with Gasteiger partial charge < -0.3 is 15.9 Å². The van der Waals surface area contributed by atoms with Crippen LogP contribution in [0.5, 0.6) is 0 Å². The Labute approximate surface area is 95.3 Å². The number of aliphatic hydroxyl groups is 2. The summed E-state index contributed by atoms with van der Waals surface area (Å²) < 4.78 is 0. The Morgan fingerprint density at radius 3 is 2.50 bits per heavy atom. The maximum absolute atomic E-state index is 9.50. The Morgan fingerprint density at radius 1 is 1.31 bits per heavy atom. The molecule has 1 aromatic carbocycles. The van der Waals surface area contributed by atoms with Crippen molar-refractivity contribution in [1.29, 1.82) is 0 Å². The average molecular weight is 222 g/mol. The molecule has 4 N–H and O–H groups in total. The van der Waals surface area contributed by atoms with Gasteiger partial charge in [-0.15, -0.1) is 0 Å². The van der Waals surface area contributed by atoms with E-state index in [1.165, 1.54) is 0 Å². The first-order valence-corrected chi connectivity index (χ1v) is 5.53. The van der Waals surface area contributed by atoms with Crippen molar-refractivity contribution in [2.45, 2.75) is 25.2 Å². The van der Waals surface area contributed by atoms with Crippen molar-refractivity contribution in [3.05, 3.63) is 29.8 Å². The van der Waals surface area contributed by atoms with E-state index < -0.39 is 12.2 Å². The van der Waals surface area contributed by atoms with Crippen LogP contribution in [0.2, 0.25) is 0 Å². The molecular weight excluding hydrogens is 204 g/mol. The molecule has 4 heteroatoms. The van der Waals surface area contributed by atoms with Gasteiger partial charge in [0.1, 0.15) is 0 Å². The summed E-state index contributed by atoms with van der Waals surface area (Å²) in [7, 11) is 0. The van der Waals surface area contributed by atoms with E-state index in [0.717, 1.165) is 11.3 Å². The summed E-state index contributed by atoms with van der Waals surface area (Å²) >= 11 is 0. The largest absolute Gasteiger partial charge is 0.399 e. The Hall–Kier alpha value is -1.10. The predicted octanol–water partition coefficient (Wildman–Crippen LogP) is 0.367. The summed E-state index contributed by atoms with van der Waals surface area (Å²) in [5.41, 5.74) is 7.59. The van der Waals surface area contributed by atoms with E-state index in [1.807, 2.05) is 24.3 Å². The van der Waals surface area contributed by atoms with Gasteiger partial charge in [-0.2, -0.15) is 0 Å². The van der Waals surface area contributed by atoms with Crippen LogP contribution in [0.25, 0.3) is 0 Å². The summed E-state index contributed by atoms with van der Waals surface area (Å²) in [5.74, 6) is 0. The zero-order chi connectivity index (χ0) is 11.7. The zero-order valence-corrected chi connectivity index (χ0v) is 9.37. The molecule has 0 aromatic heterocycles. The maximum Gasteiger partial charge on any atom is 0.0938 e. The molecule has 2 rings (SSSR count). The summed E-state index contributed by atoms with van der Waals surface area (Å²) in [6.07, 6.45) is -1.27. The van der Waals surface area contributed by atoms with Gasteiger partial charge in [0.05, 0.1) is 12.2 Å². The van der Waals surface area contributed by atoms with Crippen molar-refractivity contribution < 1.29 is 10.2 Å². The highest BCUT2D eigenvalue weighted by Gasteiger charge is 2.32. The quantitative estimate of drug-likeness (QED) is 0.632. The van der Waals surface area contributed by atoms with Crippen molar-refractivity contribution in [1.82, 2.24) is 4.90 Å². The molecule has 0 saturated carbocycles. The number of rotatable bonds is 2. The van der Waals surface area contributed by atoms with Crippen LogP contribution in [-0.4, -0.2) is 40.4 Å². The lowest BCUT2D eigenvalue weighted by Crippen LogP contribution is -2.25. The zero-order valence-electron chi connectivity index (χ0n) is 9.37. The highest BCUT2D eigenvalue weighted by Crippen LogP contribution is 2.25. The summed E-state index contributed by atoms with van der Waals surface area (Å²) in [6.45, 7) is 3.08. The predicted molar refractivity (Wildman–Crippen MR) is 62.9 cm³/mol. The summed E-state index contributed by atoms with van der Waals surface area (Å²) in [5, 5.41) is 19.0. The second kappa shape index (κ2) is 4.41. The molecule has 1 heterocycles. The topological polar surface area (TPSA) is 69.7 Å². The van der Waals surface area contributed by atoms with Gasteiger partial charge in [0.15, 0.2) is 0 Å². The van der Waals surface area contributed by atoms with Gasteiger partial charge in [-0.25, -0.2) is 0 Å². The van der Waals surface area contributed by atoms with E-state index in [1.54, 1.807) is 0 Å². The normalized spacial score (nSPS) is 28.2. The van der Waals surface area contributed by atoms with Crippen LogP contribution in [0.4, 0.5) is 5.69 Å². The number of hydrogen-bond acceptors (Lipinski definition) is 4. The molecule has 0 amide bonds. The highest BCUT2D eigenvalue weighted by molar-refractivity contribution is 5.41. The van der Waals surface area contributed by atoms with Crippen molar-refractivity contribution in [2.24, 2.45) is 0 Å². The molecule has 1 aromatic rings. The van der Waals surface area contributed by atoms with Crippen LogP contribution >= 0.6 is 0 Å². The number of aliphatic hydroxyl groups excluding tert-OH is 2. The van der Waals surface area contributed by atoms with Gasteiger partial charge in [-0.3, -0.25) is 4.90 Å². The standard InChI is InChI=1S/C12H18N2O2/c1-8(9-3-2-4-10(13)5-9)14-6-11(15)12(16)7-14/h2-5,8,11-12,15-16H,6-7,13H2,1H3. The Morgan fingerprint density at radius 2 is 1.94 bits per heavy atom. The van der Waals surface area contributed by atoms with E-state index in [4.69, 9.17) is 5.73 Å². The molecule has 3 unspecified atom stereocenters. The van der Waals surface area contributed by atoms with Crippen LogP contribution < -0.4 is 5.73 Å². The first kappa shape index (κ1) is 11.4. The number of anilines is 1. The molecule has 1 aliphatic heterocycles. The second-order valence-electron chi connectivity index (χ2n) is 4.43.